The van der Waals surface area contributed by atoms with E-state index in [4.69, 9.17) is 16.3 Å². The minimum Gasteiger partial charge on any atom is -0.427 e. The monoisotopic (exact) mass is 465 g/mol. The molecule has 9 heteroatoms. The van der Waals surface area contributed by atoms with Crippen LogP contribution in [0, 0.1) is 11.8 Å². The van der Waals surface area contributed by atoms with Gasteiger partial charge in [0.05, 0.1) is 17.5 Å². The third kappa shape index (κ3) is 2.56. The fraction of sp³-hybridized carbons (Fsp3) is 0.333. The summed E-state index contributed by atoms with van der Waals surface area (Å²) in [6.07, 6.45) is 1.59. The minimum absolute atomic E-state index is 0.201. The first-order chi connectivity index (χ1) is 15.8. The molecule has 0 radical (unpaired) electrons. The number of ether oxygens (including phenoxy) is 1. The lowest BCUT2D eigenvalue weighted by Gasteiger charge is -2.36. The van der Waals surface area contributed by atoms with Crippen LogP contribution in [0.4, 0.5) is 11.4 Å². The molecular weight excluding hydrogens is 446 g/mol. The molecule has 6 rings (SSSR count). The Morgan fingerprint density at radius 1 is 1.12 bits per heavy atom. The Labute approximate surface area is 194 Å². The van der Waals surface area contributed by atoms with Crippen LogP contribution in [0.5, 0.6) is 5.75 Å². The number of nitrogens with zero attached hydrogens (tertiary/aromatic N) is 2. The zero-order chi connectivity index (χ0) is 23.1. The van der Waals surface area contributed by atoms with Crippen molar-refractivity contribution in [3.05, 3.63) is 53.1 Å². The maximum atomic E-state index is 13.9. The van der Waals surface area contributed by atoms with Crippen LogP contribution in [-0.4, -0.2) is 41.2 Å². The number of amides is 3. The van der Waals surface area contributed by atoms with Crippen molar-refractivity contribution in [2.75, 3.05) is 16.8 Å². The van der Waals surface area contributed by atoms with Crippen molar-refractivity contribution in [1.29, 1.82) is 0 Å². The Kier molecular flexibility index (Phi) is 4.25. The van der Waals surface area contributed by atoms with Gasteiger partial charge in [-0.15, -0.1) is 0 Å². The molecule has 0 saturated carbocycles. The van der Waals surface area contributed by atoms with Crippen LogP contribution in [0.15, 0.2) is 42.5 Å². The molecule has 1 spiro atoms. The highest BCUT2D eigenvalue weighted by molar-refractivity contribution is 6.31. The third-order valence-corrected chi connectivity index (χ3v) is 7.55. The maximum Gasteiger partial charge on any atom is 0.308 e. The first-order valence-corrected chi connectivity index (χ1v) is 11.3. The number of rotatable bonds is 2. The van der Waals surface area contributed by atoms with Crippen LogP contribution in [0.3, 0.4) is 0 Å². The molecule has 4 heterocycles. The van der Waals surface area contributed by atoms with Gasteiger partial charge in [0.1, 0.15) is 11.3 Å². The minimum atomic E-state index is -1.26. The van der Waals surface area contributed by atoms with E-state index in [1.54, 1.807) is 42.5 Å². The molecule has 4 atom stereocenters. The predicted molar refractivity (Wildman–Crippen MR) is 119 cm³/mol. The van der Waals surface area contributed by atoms with Crippen molar-refractivity contribution >= 4 is 46.7 Å². The van der Waals surface area contributed by atoms with Gasteiger partial charge in [0.15, 0.2) is 0 Å². The average Bonchev–Trinajstić information content (AvgIpc) is 3.47. The molecule has 4 aliphatic rings. The molecule has 2 aromatic rings. The highest BCUT2D eigenvalue weighted by Gasteiger charge is 2.74. The lowest BCUT2D eigenvalue weighted by molar-refractivity contribution is -0.135. The fourth-order valence-corrected chi connectivity index (χ4v) is 6.43. The largest absolute Gasteiger partial charge is 0.427 e. The number of hydrogen-bond donors (Lipinski definition) is 1. The summed E-state index contributed by atoms with van der Waals surface area (Å²) >= 11 is 6.30. The number of carbonyl (C=O) groups is 4. The molecule has 4 aliphatic heterocycles. The van der Waals surface area contributed by atoms with Gasteiger partial charge in [-0.2, -0.15) is 0 Å². The smallest absolute Gasteiger partial charge is 0.308 e. The van der Waals surface area contributed by atoms with Crippen LogP contribution < -0.4 is 15.0 Å². The van der Waals surface area contributed by atoms with Crippen LogP contribution in [0.1, 0.15) is 25.3 Å². The molecule has 3 amide bonds. The summed E-state index contributed by atoms with van der Waals surface area (Å²) < 4.78 is 5.06. The fourth-order valence-electron chi connectivity index (χ4n) is 6.26. The van der Waals surface area contributed by atoms with Gasteiger partial charge in [0, 0.05) is 29.2 Å². The first kappa shape index (κ1) is 20.4. The molecule has 0 unspecified atom stereocenters. The Hall–Kier alpha value is -3.23. The van der Waals surface area contributed by atoms with Gasteiger partial charge >= 0.3 is 5.97 Å². The molecule has 3 saturated heterocycles. The number of carbonyl (C=O) groups excluding carboxylic acids is 4. The summed E-state index contributed by atoms with van der Waals surface area (Å²) in [6.45, 7) is 1.93. The predicted octanol–water partition coefficient (Wildman–Crippen LogP) is 2.70. The molecule has 33 heavy (non-hydrogen) atoms. The van der Waals surface area contributed by atoms with Crippen LogP contribution in [0.2, 0.25) is 5.02 Å². The van der Waals surface area contributed by atoms with Crippen LogP contribution >= 0.6 is 11.6 Å². The summed E-state index contributed by atoms with van der Waals surface area (Å²) in [5, 5.41) is 3.40. The van der Waals surface area contributed by atoms with E-state index in [-0.39, 0.29) is 17.9 Å². The summed E-state index contributed by atoms with van der Waals surface area (Å²) in [7, 11) is 0. The first-order valence-electron chi connectivity index (χ1n) is 10.9. The zero-order valence-electron chi connectivity index (χ0n) is 17.7. The molecule has 0 aliphatic carbocycles. The third-order valence-electron chi connectivity index (χ3n) is 7.31. The number of imide groups is 1. The van der Waals surface area contributed by atoms with Gasteiger partial charge in [-0.3, -0.25) is 24.1 Å². The molecule has 1 N–H and O–H groups in total. The van der Waals surface area contributed by atoms with E-state index >= 15 is 0 Å². The standard InChI is InChI=1S/C24H20ClN3O5/c1-12(29)33-15-7-5-14(6-8-15)28-21(30)19-18-3-2-10-27(18)24(20(19)22(28)31)16-11-13(25)4-9-17(16)26-23(24)32/h4-9,11,18-20H,2-3,10H2,1H3,(H,26,32)/t18-,19+,20-,24-/m0/s1. The number of anilines is 2. The summed E-state index contributed by atoms with van der Waals surface area (Å²) in [5.41, 5.74) is 0.415. The maximum absolute atomic E-state index is 13.9. The molecule has 3 fully saturated rings. The van der Waals surface area contributed by atoms with Crippen LogP contribution in [0.25, 0.3) is 0 Å². The topological polar surface area (TPSA) is 96.0 Å². The molecule has 0 aromatic heterocycles. The Morgan fingerprint density at radius 3 is 2.61 bits per heavy atom. The average molecular weight is 466 g/mol. The van der Waals surface area contributed by atoms with Crippen molar-refractivity contribution in [1.82, 2.24) is 4.90 Å². The van der Waals surface area contributed by atoms with E-state index in [0.29, 0.717) is 34.3 Å². The van der Waals surface area contributed by atoms with E-state index in [2.05, 4.69) is 10.2 Å². The quantitative estimate of drug-likeness (QED) is 0.416. The number of hydrogen-bond acceptors (Lipinski definition) is 6. The molecule has 8 nitrogen and oxygen atoms in total. The number of esters is 1. The van der Waals surface area contributed by atoms with E-state index in [9.17, 15) is 19.2 Å². The van der Waals surface area contributed by atoms with E-state index in [1.807, 2.05) is 0 Å². The Bertz CT molecular complexity index is 1250. The second kappa shape index (κ2) is 6.88. The van der Waals surface area contributed by atoms with Crippen LogP contribution in [-0.2, 0) is 24.7 Å². The zero-order valence-corrected chi connectivity index (χ0v) is 18.5. The number of fused-ring (bicyclic) bond motifs is 7. The van der Waals surface area contributed by atoms with Gasteiger partial charge in [0.25, 0.3) is 0 Å². The molecular formula is C24H20ClN3O5. The highest BCUT2D eigenvalue weighted by Crippen LogP contribution is 2.60. The van der Waals surface area contributed by atoms with Gasteiger partial charge < -0.3 is 10.1 Å². The van der Waals surface area contributed by atoms with Gasteiger partial charge in [-0.25, -0.2) is 4.90 Å². The molecule has 168 valence electrons. The SMILES string of the molecule is CC(=O)Oc1ccc(N2C(=O)[C@H]3[C@@H](C2=O)[C@@]2(C(=O)Nc4ccc(Cl)cc42)N2CCC[C@@H]32)cc1. The van der Waals surface area contributed by atoms with E-state index in [1.165, 1.54) is 11.8 Å². The normalized spacial score (nSPS) is 29.9. The molecule has 2 aromatic carbocycles. The molecule has 0 bridgehead atoms. The van der Waals surface area contributed by atoms with E-state index in [0.717, 1.165) is 12.8 Å². The van der Waals surface area contributed by atoms with Crippen molar-refractivity contribution in [3.8, 4) is 5.75 Å². The summed E-state index contributed by atoms with van der Waals surface area (Å²) in [4.78, 5) is 55.5. The number of benzene rings is 2. The lowest BCUT2D eigenvalue weighted by atomic mass is 9.75. The number of halogens is 1. The highest BCUT2D eigenvalue weighted by atomic mass is 35.5. The second-order valence-corrected chi connectivity index (χ2v) is 9.35. The van der Waals surface area contributed by atoms with E-state index < -0.39 is 29.3 Å². The van der Waals surface area contributed by atoms with Crippen molar-refractivity contribution < 1.29 is 23.9 Å². The van der Waals surface area contributed by atoms with Crippen molar-refractivity contribution in [3.63, 3.8) is 0 Å². The van der Waals surface area contributed by atoms with Gasteiger partial charge in [-0.1, -0.05) is 11.6 Å². The Morgan fingerprint density at radius 2 is 1.88 bits per heavy atom. The van der Waals surface area contributed by atoms with Crippen molar-refractivity contribution in [2.45, 2.75) is 31.3 Å². The summed E-state index contributed by atoms with van der Waals surface area (Å²) in [5.74, 6) is -2.59. The van der Waals surface area contributed by atoms with Gasteiger partial charge in [-0.05, 0) is 61.9 Å². The lowest BCUT2D eigenvalue weighted by Crippen LogP contribution is -2.54. The summed E-state index contributed by atoms with van der Waals surface area (Å²) in [6, 6.07) is 11.2. The Balaban J connectivity index is 1.47. The van der Waals surface area contributed by atoms with Crippen molar-refractivity contribution in [2.24, 2.45) is 11.8 Å². The second-order valence-electron chi connectivity index (χ2n) is 8.92. The van der Waals surface area contributed by atoms with Gasteiger partial charge in [0.2, 0.25) is 17.7 Å². The number of nitrogens with one attached hydrogen (secondary N) is 1.